The Hall–Kier alpha value is -2.40. The summed E-state index contributed by atoms with van der Waals surface area (Å²) in [5.74, 6) is -7.22. The molecule has 3 heterocycles. The van der Waals surface area contributed by atoms with Crippen molar-refractivity contribution in [1.29, 1.82) is 0 Å². The first kappa shape index (κ1) is 17.4. The number of carboxylic acid groups (broad SMARTS) is 2. The zero-order valence-electron chi connectivity index (χ0n) is 12.3. The van der Waals surface area contributed by atoms with Crippen molar-refractivity contribution in [3.63, 3.8) is 0 Å². The van der Waals surface area contributed by atoms with Crippen LogP contribution in [0.1, 0.15) is 10.8 Å². The number of hydrogen-bond donors (Lipinski definition) is 3. The van der Waals surface area contributed by atoms with Gasteiger partial charge in [-0.1, -0.05) is 6.07 Å². The lowest BCUT2D eigenvalue weighted by Gasteiger charge is -2.48. The maximum Gasteiger partial charge on any atom is 0.355 e. The van der Waals surface area contributed by atoms with E-state index in [9.17, 15) is 28.7 Å². The standard InChI is InChI=1S/C14H11FN2O6S2/c15-5-4-25-12-8(11(19)17(12)9(5)14(22)23)16-10(18)7(13(20)21)6-2-1-3-24-6/h1-3,7-8,12H,4H2,(H,16,18)(H,20,21)(H,22,23)/t7?,8?,12-/m1/s1. The largest absolute Gasteiger partial charge is 0.480 e. The molecule has 3 atom stereocenters. The van der Waals surface area contributed by atoms with Crippen LogP contribution in [-0.2, 0) is 19.2 Å². The van der Waals surface area contributed by atoms with Crippen LogP contribution >= 0.6 is 23.1 Å². The molecule has 0 bridgehead atoms. The molecular formula is C14H11FN2O6S2. The van der Waals surface area contributed by atoms with Gasteiger partial charge in [-0.05, 0) is 11.4 Å². The normalized spacial score (nSPS) is 23.6. The Kier molecular flexibility index (Phi) is 4.52. The van der Waals surface area contributed by atoms with E-state index in [0.717, 1.165) is 28.0 Å². The maximum absolute atomic E-state index is 13.7. The number of hydrogen-bond acceptors (Lipinski definition) is 6. The summed E-state index contributed by atoms with van der Waals surface area (Å²) in [5, 5.41) is 21.5. The van der Waals surface area contributed by atoms with Crippen molar-refractivity contribution < 1.29 is 33.8 Å². The zero-order chi connectivity index (χ0) is 18.3. The van der Waals surface area contributed by atoms with E-state index in [2.05, 4.69) is 5.32 Å². The number of aliphatic carboxylic acids is 2. The van der Waals surface area contributed by atoms with Gasteiger partial charge in [-0.3, -0.25) is 19.3 Å². The van der Waals surface area contributed by atoms with Crippen molar-refractivity contribution in [2.75, 3.05) is 5.75 Å². The Labute approximate surface area is 148 Å². The first-order valence-electron chi connectivity index (χ1n) is 6.96. The maximum atomic E-state index is 13.7. The van der Waals surface area contributed by atoms with Gasteiger partial charge >= 0.3 is 11.9 Å². The third-order valence-electron chi connectivity index (χ3n) is 3.76. The van der Waals surface area contributed by atoms with Crippen molar-refractivity contribution in [3.05, 3.63) is 33.9 Å². The second-order valence-corrected chi connectivity index (χ2v) is 7.33. The highest BCUT2D eigenvalue weighted by molar-refractivity contribution is 8.00. The Morgan fingerprint density at radius 1 is 1.36 bits per heavy atom. The number of thioether (sulfide) groups is 1. The van der Waals surface area contributed by atoms with E-state index >= 15 is 0 Å². The molecule has 2 aliphatic heterocycles. The summed E-state index contributed by atoms with van der Waals surface area (Å²) in [6.45, 7) is 0. The molecule has 0 radical (unpaired) electrons. The van der Waals surface area contributed by atoms with E-state index in [1.54, 1.807) is 11.4 Å². The summed E-state index contributed by atoms with van der Waals surface area (Å²) < 4.78 is 13.7. The topological polar surface area (TPSA) is 124 Å². The van der Waals surface area contributed by atoms with Crippen LogP contribution in [0.3, 0.4) is 0 Å². The highest BCUT2D eigenvalue weighted by Crippen LogP contribution is 2.40. The molecule has 11 heteroatoms. The Balaban J connectivity index is 1.77. The number of halogens is 1. The lowest BCUT2D eigenvalue weighted by Crippen LogP contribution is -2.70. The first-order chi connectivity index (χ1) is 11.8. The van der Waals surface area contributed by atoms with Crippen LogP contribution in [-0.4, -0.2) is 56.0 Å². The van der Waals surface area contributed by atoms with Crippen molar-refractivity contribution >= 4 is 46.9 Å². The quantitative estimate of drug-likeness (QED) is 0.499. The van der Waals surface area contributed by atoms with Gasteiger partial charge in [-0.2, -0.15) is 0 Å². The van der Waals surface area contributed by atoms with Gasteiger partial charge in [0.2, 0.25) is 5.91 Å². The molecule has 2 aliphatic rings. The Morgan fingerprint density at radius 2 is 2.08 bits per heavy atom. The molecule has 0 aromatic carbocycles. The average Bonchev–Trinajstić information content (AvgIpc) is 3.05. The van der Waals surface area contributed by atoms with Crippen molar-refractivity contribution in [2.24, 2.45) is 0 Å². The van der Waals surface area contributed by atoms with Crippen molar-refractivity contribution in [1.82, 2.24) is 10.2 Å². The fourth-order valence-corrected chi connectivity index (χ4v) is 4.64. The van der Waals surface area contributed by atoms with Crippen LogP contribution in [0, 0.1) is 0 Å². The number of nitrogens with zero attached hydrogens (tertiary/aromatic N) is 1. The fourth-order valence-electron chi connectivity index (χ4n) is 2.64. The van der Waals surface area contributed by atoms with Crippen molar-refractivity contribution in [3.8, 4) is 0 Å². The van der Waals surface area contributed by atoms with Gasteiger partial charge in [0.1, 0.15) is 17.2 Å². The number of fused-ring (bicyclic) bond motifs is 1. The molecule has 3 rings (SSSR count). The second kappa shape index (κ2) is 6.48. The van der Waals surface area contributed by atoms with Crippen LogP contribution in [0.15, 0.2) is 29.0 Å². The number of rotatable bonds is 5. The number of thiophene rings is 1. The smallest absolute Gasteiger partial charge is 0.355 e. The average molecular weight is 386 g/mol. The Bertz CT molecular complexity index is 793. The molecule has 1 fully saturated rings. The zero-order valence-corrected chi connectivity index (χ0v) is 14.0. The van der Waals surface area contributed by atoms with E-state index in [1.165, 1.54) is 6.07 Å². The molecule has 132 valence electrons. The molecule has 1 aromatic rings. The van der Waals surface area contributed by atoms with Crippen LogP contribution < -0.4 is 5.32 Å². The van der Waals surface area contributed by atoms with Crippen molar-refractivity contribution in [2.45, 2.75) is 17.3 Å². The minimum Gasteiger partial charge on any atom is -0.480 e. The van der Waals surface area contributed by atoms with Gasteiger partial charge in [0, 0.05) is 10.6 Å². The molecule has 1 saturated heterocycles. The Morgan fingerprint density at radius 3 is 2.64 bits per heavy atom. The SMILES string of the molecule is O=C(O)C1=C(F)CS[C@@H]2C(NC(=O)C(C(=O)O)c3cccs3)C(=O)N12. The van der Waals surface area contributed by atoms with E-state index in [4.69, 9.17) is 5.11 Å². The lowest BCUT2D eigenvalue weighted by atomic mass is 10.0. The lowest BCUT2D eigenvalue weighted by molar-refractivity contribution is -0.152. The predicted molar refractivity (Wildman–Crippen MR) is 85.5 cm³/mol. The van der Waals surface area contributed by atoms with Crippen LogP contribution in [0.4, 0.5) is 4.39 Å². The highest BCUT2D eigenvalue weighted by atomic mass is 32.2. The van der Waals surface area contributed by atoms with Gasteiger partial charge in [0.25, 0.3) is 5.91 Å². The van der Waals surface area contributed by atoms with Crippen LogP contribution in [0.25, 0.3) is 0 Å². The van der Waals surface area contributed by atoms with Gasteiger partial charge in [-0.15, -0.1) is 23.1 Å². The van der Waals surface area contributed by atoms with Gasteiger partial charge in [0.15, 0.2) is 11.6 Å². The van der Waals surface area contributed by atoms with E-state index in [-0.39, 0.29) is 5.75 Å². The molecule has 1 aromatic heterocycles. The summed E-state index contributed by atoms with van der Waals surface area (Å²) in [4.78, 5) is 48.1. The number of β-lactam (4-membered cyclic amide) rings is 1. The second-order valence-electron chi connectivity index (χ2n) is 5.24. The number of carbonyl (C=O) groups excluding carboxylic acids is 2. The van der Waals surface area contributed by atoms with Gasteiger partial charge in [0.05, 0.1) is 0 Å². The van der Waals surface area contributed by atoms with E-state index < -0.39 is 52.6 Å². The molecule has 2 amide bonds. The minimum atomic E-state index is -1.57. The molecule has 0 aliphatic carbocycles. The van der Waals surface area contributed by atoms with Crippen LogP contribution in [0.2, 0.25) is 0 Å². The number of amides is 2. The summed E-state index contributed by atoms with van der Waals surface area (Å²) in [5.41, 5.74) is -0.729. The summed E-state index contributed by atoms with van der Waals surface area (Å²) in [6.07, 6.45) is 0. The first-order valence-corrected chi connectivity index (χ1v) is 8.89. The molecule has 2 unspecified atom stereocenters. The number of nitrogens with one attached hydrogen (secondary N) is 1. The summed E-state index contributed by atoms with van der Waals surface area (Å²) in [7, 11) is 0. The third kappa shape index (κ3) is 2.89. The molecule has 0 saturated carbocycles. The van der Waals surface area contributed by atoms with E-state index in [1.807, 2.05) is 0 Å². The van der Waals surface area contributed by atoms with Gasteiger partial charge in [-0.25, -0.2) is 9.18 Å². The highest BCUT2D eigenvalue weighted by Gasteiger charge is 2.55. The third-order valence-corrected chi connectivity index (χ3v) is 5.94. The number of carboxylic acids is 2. The minimum absolute atomic E-state index is 0.240. The van der Waals surface area contributed by atoms with Crippen LogP contribution in [0.5, 0.6) is 0 Å². The molecule has 8 nitrogen and oxygen atoms in total. The monoisotopic (exact) mass is 386 g/mol. The summed E-state index contributed by atoms with van der Waals surface area (Å²) in [6, 6.07) is 2.00. The summed E-state index contributed by atoms with van der Waals surface area (Å²) >= 11 is 2.05. The van der Waals surface area contributed by atoms with Gasteiger partial charge < -0.3 is 15.5 Å². The molecule has 3 N–H and O–H groups in total. The number of carbonyl (C=O) groups is 4. The molecular weight excluding hydrogens is 375 g/mol. The fraction of sp³-hybridized carbons (Fsp3) is 0.286. The van der Waals surface area contributed by atoms with E-state index in [0.29, 0.717) is 4.88 Å². The molecule has 25 heavy (non-hydrogen) atoms. The molecule has 0 spiro atoms. The predicted octanol–water partition coefficient (Wildman–Crippen LogP) is 0.582.